The fraction of sp³-hybridized carbons (Fsp3) is 0.667. The van der Waals surface area contributed by atoms with Crippen LogP contribution in [0.4, 0.5) is 0 Å². The van der Waals surface area contributed by atoms with E-state index in [0.29, 0.717) is 0 Å². The molecule has 0 N–H and O–H groups in total. The molecule has 0 saturated heterocycles. The van der Waals surface area contributed by atoms with Crippen molar-refractivity contribution in [2.45, 2.75) is 20.5 Å². The SMILES string of the molecule is C.C=C[Si](C)(C)OC. The molecule has 1 nitrogen and oxygen atoms in total. The highest BCUT2D eigenvalue weighted by Gasteiger charge is 2.13. The maximum absolute atomic E-state index is 5.11. The summed E-state index contributed by atoms with van der Waals surface area (Å²) >= 11 is 0. The zero-order valence-electron chi connectivity index (χ0n) is 5.19. The minimum absolute atomic E-state index is 0. The quantitative estimate of drug-likeness (QED) is 0.523. The smallest absolute Gasteiger partial charge is 0.209 e. The molecule has 0 radical (unpaired) electrons. The Morgan fingerprint density at radius 3 is 1.88 bits per heavy atom. The molecule has 0 spiro atoms. The molecule has 0 amide bonds. The third-order valence-corrected chi connectivity index (χ3v) is 3.05. The Morgan fingerprint density at radius 2 is 1.88 bits per heavy atom. The van der Waals surface area contributed by atoms with Crippen molar-refractivity contribution < 1.29 is 4.43 Å². The molecular weight excluding hydrogens is 116 g/mol. The van der Waals surface area contributed by atoms with Gasteiger partial charge in [-0.3, -0.25) is 0 Å². The normalized spacial score (nSPS) is 9.88. The van der Waals surface area contributed by atoms with Crippen LogP contribution in [0.3, 0.4) is 0 Å². The number of hydrogen-bond donors (Lipinski definition) is 0. The molecule has 0 saturated carbocycles. The van der Waals surface area contributed by atoms with Crippen LogP contribution in [-0.2, 0) is 4.43 Å². The highest BCUT2D eigenvalue weighted by atomic mass is 28.4. The first-order chi connectivity index (χ1) is 3.12. The van der Waals surface area contributed by atoms with Gasteiger partial charge in [-0.2, -0.15) is 0 Å². The first-order valence-electron chi connectivity index (χ1n) is 2.31. The predicted octanol–water partition coefficient (Wildman–Crippen LogP) is 2.20. The van der Waals surface area contributed by atoms with Crippen molar-refractivity contribution in [3.8, 4) is 0 Å². The van der Waals surface area contributed by atoms with E-state index in [4.69, 9.17) is 4.43 Å². The molecule has 0 aromatic rings. The molecule has 50 valence electrons. The van der Waals surface area contributed by atoms with E-state index in [1.54, 1.807) is 7.11 Å². The monoisotopic (exact) mass is 132 g/mol. The summed E-state index contributed by atoms with van der Waals surface area (Å²) in [6.45, 7) is 7.83. The van der Waals surface area contributed by atoms with Gasteiger partial charge in [0, 0.05) is 7.11 Å². The van der Waals surface area contributed by atoms with Crippen LogP contribution in [0.5, 0.6) is 0 Å². The van der Waals surface area contributed by atoms with E-state index in [9.17, 15) is 0 Å². The van der Waals surface area contributed by atoms with E-state index in [0.717, 1.165) is 0 Å². The lowest BCUT2D eigenvalue weighted by Gasteiger charge is -2.12. The van der Waals surface area contributed by atoms with Gasteiger partial charge in [0.1, 0.15) is 0 Å². The van der Waals surface area contributed by atoms with Crippen LogP contribution in [0.2, 0.25) is 13.1 Å². The van der Waals surface area contributed by atoms with Crippen LogP contribution in [0.25, 0.3) is 0 Å². The highest BCUT2D eigenvalue weighted by Crippen LogP contribution is 2.00. The second-order valence-electron chi connectivity index (χ2n) is 2.01. The molecule has 0 bridgehead atoms. The van der Waals surface area contributed by atoms with Crippen molar-refractivity contribution in [2.75, 3.05) is 7.11 Å². The molecule has 2 heteroatoms. The molecule has 0 aromatic carbocycles. The van der Waals surface area contributed by atoms with Gasteiger partial charge >= 0.3 is 0 Å². The molecule has 0 heterocycles. The zero-order chi connectivity index (χ0) is 5.91. The van der Waals surface area contributed by atoms with Gasteiger partial charge in [0.05, 0.1) is 0 Å². The van der Waals surface area contributed by atoms with Crippen LogP contribution in [0.15, 0.2) is 12.3 Å². The van der Waals surface area contributed by atoms with Gasteiger partial charge in [0.2, 0.25) is 8.32 Å². The fourth-order valence-electron chi connectivity index (χ4n) is 0.0833. The van der Waals surface area contributed by atoms with Gasteiger partial charge in [-0.1, -0.05) is 13.1 Å². The van der Waals surface area contributed by atoms with Gasteiger partial charge in [0.25, 0.3) is 0 Å². The van der Waals surface area contributed by atoms with Crippen LogP contribution < -0.4 is 0 Å². The largest absolute Gasteiger partial charge is 0.417 e. The Bertz CT molecular complexity index is 68.9. The summed E-state index contributed by atoms with van der Waals surface area (Å²) in [6.07, 6.45) is 0. The van der Waals surface area contributed by atoms with E-state index in [1.165, 1.54) is 0 Å². The van der Waals surface area contributed by atoms with Crippen LogP contribution in [0, 0.1) is 0 Å². The molecule has 0 fully saturated rings. The Balaban J connectivity index is 0. The summed E-state index contributed by atoms with van der Waals surface area (Å²) in [6, 6.07) is 0. The average Bonchev–Trinajstić information content (AvgIpc) is 1.68. The number of hydrogen-bond acceptors (Lipinski definition) is 1. The molecule has 8 heavy (non-hydrogen) atoms. The lowest BCUT2D eigenvalue weighted by molar-refractivity contribution is 0.415. The summed E-state index contributed by atoms with van der Waals surface area (Å²) in [5.74, 6) is 0. The lowest BCUT2D eigenvalue weighted by atomic mass is 11.3. The van der Waals surface area contributed by atoms with Crippen LogP contribution in [0.1, 0.15) is 7.43 Å². The van der Waals surface area contributed by atoms with Gasteiger partial charge in [-0.15, -0.1) is 6.58 Å². The standard InChI is InChI=1S/C5H12OSi.CH4/c1-5-7(3,4)6-2;/h5H,1H2,2-4H3;1H4. The van der Waals surface area contributed by atoms with Gasteiger partial charge < -0.3 is 4.43 Å². The Labute approximate surface area is 53.5 Å². The molecule has 0 atom stereocenters. The molecule has 0 aromatic heterocycles. The maximum Gasteiger partial charge on any atom is 0.209 e. The van der Waals surface area contributed by atoms with Gasteiger partial charge in [0.15, 0.2) is 0 Å². The second kappa shape index (κ2) is 3.86. The minimum Gasteiger partial charge on any atom is -0.417 e. The van der Waals surface area contributed by atoms with Crippen molar-refractivity contribution in [2.24, 2.45) is 0 Å². The van der Waals surface area contributed by atoms with E-state index in [1.807, 2.05) is 5.70 Å². The Kier molecular flexibility index (Phi) is 5.23. The predicted molar refractivity (Wildman–Crippen MR) is 41.4 cm³/mol. The molecule has 0 aliphatic rings. The number of rotatable bonds is 2. The van der Waals surface area contributed by atoms with E-state index in [2.05, 4.69) is 19.7 Å². The summed E-state index contributed by atoms with van der Waals surface area (Å²) in [5, 5.41) is 0. The molecule has 0 aliphatic carbocycles. The van der Waals surface area contributed by atoms with Crippen LogP contribution >= 0.6 is 0 Å². The summed E-state index contributed by atoms with van der Waals surface area (Å²) in [5.41, 5.74) is 1.91. The molecular formula is C6H16OSi. The highest BCUT2D eigenvalue weighted by molar-refractivity contribution is 6.76. The third-order valence-electron chi connectivity index (χ3n) is 1.02. The molecule has 0 unspecified atom stereocenters. The Morgan fingerprint density at radius 1 is 1.50 bits per heavy atom. The van der Waals surface area contributed by atoms with Gasteiger partial charge in [-0.05, 0) is 13.1 Å². The maximum atomic E-state index is 5.11. The molecule has 0 rings (SSSR count). The third kappa shape index (κ3) is 4.09. The lowest BCUT2D eigenvalue weighted by Crippen LogP contribution is -2.24. The first kappa shape index (κ1) is 10.8. The van der Waals surface area contributed by atoms with Crippen molar-refractivity contribution in [1.82, 2.24) is 0 Å². The zero-order valence-corrected chi connectivity index (χ0v) is 6.19. The van der Waals surface area contributed by atoms with E-state index >= 15 is 0 Å². The Hall–Kier alpha value is -0.0831. The average molecular weight is 132 g/mol. The first-order valence-corrected chi connectivity index (χ1v) is 5.29. The topological polar surface area (TPSA) is 9.23 Å². The van der Waals surface area contributed by atoms with Gasteiger partial charge in [-0.25, -0.2) is 0 Å². The van der Waals surface area contributed by atoms with Crippen molar-refractivity contribution in [1.29, 1.82) is 0 Å². The minimum atomic E-state index is -1.39. The summed E-state index contributed by atoms with van der Waals surface area (Å²) in [7, 11) is 0.343. The van der Waals surface area contributed by atoms with Crippen LogP contribution in [-0.4, -0.2) is 15.4 Å². The summed E-state index contributed by atoms with van der Waals surface area (Å²) in [4.78, 5) is 0. The van der Waals surface area contributed by atoms with E-state index in [-0.39, 0.29) is 7.43 Å². The molecule has 0 aliphatic heterocycles. The van der Waals surface area contributed by atoms with Crippen molar-refractivity contribution >= 4 is 8.32 Å². The van der Waals surface area contributed by atoms with E-state index < -0.39 is 8.32 Å². The van der Waals surface area contributed by atoms with Crippen molar-refractivity contribution in [3.63, 3.8) is 0 Å². The fourth-order valence-corrected chi connectivity index (χ4v) is 0.250. The van der Waals surface area contributed by atoms with Crippen molar-refractivity contribution in [3.05, 3.63) is 12.3 Å². The summed E-state index contributed by atoms with van der Waals surface area (Å²) < 4.78 is 5.11. The second-order valence-corrected chi connectivity index (χ2v) is 6.04.